The lowest BCUT2D eigenvalue weighted by Gasteiger charge is -2.41. The van der Waals surface area contributed by atoms with Crippen LogP contribution < -0.4 is 0 Å². The van der Waals surface area contributed by atoms with Gasteiger partial charge in [0.1, 0.15) is 0 Å². The minimum Gasteiger partial charge on any atom is -0.287 e. The van der Waals surface area contributed by atoms with Crippen LogP contribution in [0.15, 0.2) is 36.4 Å². The number of carbonyl (C=O) groups excluding carboxylic acids is 2. The molecule has 2 nitrogen and oxygen atoms in total. The zero-order chi connectivity index (χ0) is 16.8. The van der Waals surface area contributed by atoms with Gasteiger partial charge in [-0.2, -0.15) is 0 Å². The third-order valence-corrected chi connectivity index (χ3v) is 6.00. The Bertz CT molecular complexity index is 785. The molecule has 4 heteroatoms. The van der Waals surface area contributed by atoms with Crippen LogP contribution in [0, 0.1) is 0 Å². The summed E-state index contributed by atoms with van der Waals surface area (Å²) in [5, 5.41) is 0. The van der Waals surface area contributed by atoms with Crippen LogP contribution in [0.4, 0.5) is 0 Å². The van der Waals surface area contributed by atoms with E-state index < -0.39 is 0 Å². The summed E-state index contributed by atoms with van der Waals surface area (Å²) in [5.41, 5.74) is 7.89. The molecule has 0 amide bonds. The molecule has 0 N–H and O–H groups in total. The van der Waals surface area contributed by atoms with Crippen molar-refractivity contribution in [3.63, 3.8) is 0 Å². The topological polar surface area (TPSA) is 34.1 Å². The summed E-state index contributed by atoms with van der Waals surface area (Å²) in [6, 6.07) is 13.1. The van der Waals surface area contributed by atoms with Crippen molar-refractivity contribution >= 4 is 52.8 Å². The van der Waals surface area contributed by atoms with Crippen molar-refractivity contribution in [1.82, 2.24) is 0 Å². The highest BCUT2D eigenvalue weighted by Gasteiger charge is 2.37. The van der Waals surface area contributed by atoms with E-state index in [-0.39, 0.29) is 7.58 Å². The summed E-state index contributed by atoms with van der Waals surface area (Å²) in [7, 11) is 0. The number of halogens is 2. The first kappa shape index (κ1) is 16.7. The van der Waals surface area contributed by atoms with Gasteiger partial charge in [0, 0.05) is 24.7 Å². The summed E-state index contributed by atoms with van der Waals surface area (Å²) in [5.74, 6) is 0.877. The minimum atomic E-state index is 0.182. The first-order chi connectivity index (χ1) is 11.5. The lowest BCUT2D eigenvalue weighted by atomic mass is 9.63. The molecule has 0 fully saturated rings. The van der Waals surface area contributed by atoms with Gasteiger partial charge in [0.15, 0.2) is 7.58 Å². The Morgan fingerprint density at radius 3 is 1.54 bits per heavy atom. The van der Waals surface area contributed by atoms with Crippen LogP contribution in [0.3, 0.4) is 0 Å². The molecule has 2 aromatic carbocycles. The van der Waals surface area contributed by atoms with Crippen LogP contribution in [-0.2, 0) is 22.4 Å². The van der Waals surface area contributed by atoms with E-state index in [4.69, 9.17) is 0 Å². The molecule has 0 spiro atoms. The molecule has 0 saturated heterocycles. The van der Waals surface area contributed by atoms with E-state index in [9.17, 15) is 9.59 Å². The molecule has 2 unspecified atom stereocenters. The average molecular weight is 542 g/mol. The molecule has 0 radical (unpaired) electrons. The van der Waals surface area contributed by atoms with Gasteiger partial charge in [-0.1, -0.05) is 36.4 Å². The number of hydrogen-bond acceptors (Lipinski definition) is 2. The molecule has 0 saturated carbocycles. The van der Waals surface area contributed by atoms with Crippen LogP contribution in [0.5, 0.6) is 0 Å². The Hall–Kier alpha value is -0.760. The molecule has 3 aliphatic carbocycles. The van der Waals surface area contributed by atoms with Gasteiger partial charge in [-0.3, -0.25) is 9.59 Å². The maximum atomic E-state index is 11.4. The van der Waals surface area contributed by atoms with Gasteiger partial charge >= 0.3 is 0 Å². The Balaban J connectivity index is 1.76. The number of benzene rings is 2. The van der Waals surface area contributed by atoms with Gasteiger partial charge in [0.05, 0.1) is 0 Å². The SMILES string of the molecule is O=C(I)Cc1ccc2c(c1)C1CCC2c2cc(CC(=O)I)ccc21. The van der Waals surface area contributed by atoms with Crippen LogP contribution in [0.1, 0.15) is 58.1 Å². The highest BCUT2D eigenvalue weighted by Crippen LogP contribution is 2.53. The molecule has 0 heterocycles. The fourth-order valence-corrected chi connectivity index (χ4v) is 5.20. The predicted molar refractivity (Wildman–Crippen MR) is 111 cm³/mol. The van der Waals surface area contributed by atoms with Crippen molar-refractivity contribution < 1.29 is 9.59 Å². The van der Waals surface area contributed by atoms with Crippen LogP contribution >= 0.6 is 45.2 Å². The molecular weight excluding hydrogens is 526 g/mol. The Morgan fingerprint density at radius 1 is 0.750 bits per heavy atom. The molecule has 2 aromatic rings. The smallest absolute Gasteiger partial charge is 0.196 e. The number of fused-ring (bicyclic) bond motifs is 1. The van der Waals surface area contributed by atoms with Gasteiger partial charge in [0.2, 0.25) is 0 Å². The van der Waals surface area contributed by atoms with Gasteiger partial charge < -0.3 is 0 Å². The normalized spacial score (nSPS) is 20.4. The predicted octanol–water partition coefficient (Wildman–Crippen LogP) is 5.07. The minimum absolute atomic E-state index is 0.182. The van der Waals surface area contributed by atoms with E-state index in [0.717, 1.165) is 11.1 Å². The number of hydrogen-bond donors (Lipinski definition) is 0. The van der Waals surface area contributed by atoms with E-state index in [1.807, 2.05) is 45.2 Å². The molecule has 2 bridgehead atoms. The molecular formula is C20H16I2O2. The standard InChI is InChI=1S/C20H16I2O2/c21-19(23)9-11-1-3-13-15-5-6-16(17(13)7-11)14-4-2-12(8-18(14)15)10-20(22)24/h1-4,7-8,15-16H,5-6,9-10H2. The Kier molecular flexibility index (Phi) is 4.53. The van der Waals surface area contributed by atoms with E-state index in [1.165, 1.54) is 35.1 Å². The quantitative estimate of drug-likeness (QED) is 0.400. The summed E-state index contributed by atoms with van der Waals surface area (Å²) in [6.07, 6.45) is 3.37. The lowest BCUT2D eigenvalue weighted by Crippen LogP contribution is -2.25. The second-order valence-electron chi connectivity index (χ2n) is 6.67. The van der Waals surface area contributed by atoms with Crippen LogP contribution in [-0.4, -0.2) is 7.58 Å². The summed E-state index contributed by atoms with van der Waals surface area (Å²) >= 11 is 3.74. The maximum Gasteiger partial charge on any atom is 0.196 e. The van der Waals surface area contributed by atoms with Crippen molar-refractivity contribution in [2.24, 2.45) is 0 Å². The Morgan fingerprint density at radius 2 is 1.17 bits per heavy atom. The highest BCUT2D eigenvalue weighted by atomic mass is 127. The number of rotatable bonds is 4. The zero-order valence-corrected chi connectivity index (χ0v) is 17.3. The molecule has 0 aromatic heterocycles. The molecule has 5 rings (SSSR count). The van der Waals surface area contributed by atoms with E-state index in [0.29, 0.717) is 24.7 Å². The number of carbonyl (C=O) groups is 2. The van der Waals surface area contributed by atoms with Crippen molar-refractivity contribution in [1.29, 1.82) is 0 Å². The summed E-state index contributed by atoms with van der Waals surface area (Å²) in [4.78, 5) is 22.8. The first-order valence-electron chi connectivity index (χ1n) is 8.15. The molecule has 2 atom stereocenters. The first-order valence-corrected chi connectivity index (χ1v) is 10.3. The largest absolute Gasteiger partial charge is 0.287 e. The third-order valence-electron chi connectivity index (χ3n) is 5.23. The van der Waals surface area contributed by atoms with Gasteiger partial charge in [-0.05, 0) is 91.4 Å². The second kappa shape index (κ2) is 6.52. The van der Waals surface area contributed by atoms with E-state index in [1.54, 1.807) is 0 Å². The van der Waals surface area contributed by atoms with Crippen molar-refractivity contribution in [3.8, 4) is 0 Å². The fourth-order valence-electron chi connectivity index (χ4n) is 4.32. The van der Waals surface area contributed by atoms with Crippen LogP contribution in [0.25, 0.3) is 0 Å². The third kappa shape index (κ3) is 2.96. The summed E-state index contributed by atoms with van der Waals surface area (Å²) < 4.78 is 0.365. The second-order valence-corrected chi connectivity index (χ2v) is 9.08. The molecule has 0 aliphatic heterocycles. The maximum absolute atomic E-state index is 11.4. The zero-order valence-electron chi connectivity index (χ0n) is 13.0. The highest BCUT2D eigenvalue weighted by molar-refractivity contribution is 14.1. The molecule has 3 aliphatic rings. The molecule has 24 heavy (non-hydrogen) atoms. The van der Waals surface area contributed by atoms with E-state index in [2.05, 4.69) is 36.4 Å². The van der Waals surface area contributed by atoms with Crippen molar-refractivity contribution in [3.05, 3.63) is 69.8 Å². The average Bonchev–Trinajstić information content (AvgIpc) is 2.54. The Labute approximate surface area is 168 Å². The van der Waals surface area contributed by atoms with Gasteiger partial charge in [-0.25, -0.2) is 0 Å². The molecule has 122 valence electrons. The van der Waals surface area contributed by atoms with Gasteiger partial charge in [-0.15, -0.1) is 0 Å². The van der Waals surface area contributed by atoms with Crippen molar-refractivity contribution in [2.45, 2.75) is 37.5 Å². The van der Waals surface area contributed by atoms with Crippen molar-refractivity contribution in [2.75, 3.05) is 0 Å². The van der Waals surface area contributed by atoms with E-state index >= 15 is 0 Å². The monoisotopic (exact) mass is 542 g/mol. The lowest BCUT2D eigenvalue weighted by molar-refractivity contribution is -0.109. The fraction of sp³-hybridized carbons (Fsp3) is 0.300. The van der Waals surface area contributed by atoms with Gasteiger partial charge in [0.25, 0.3) is 0 Å². The van der Waals surface area contributed by atoms with Crippen LogP contribution in [0.2, 0.25) is 0 Å². The summed E-state index contributed by atoms with van der Waals surface area (Å²) in [6.45, 7) is 0.